The summed E-state index contributed by atoms with van der Waals surface area (Å²) in [5.74, 6) is 1.88. The Morgan fingerprint density at radius 3 is 2.72 bits per heavy atom. The molecule has 1 unspecified atom stereocenters. The summed E-state index contributed by atoms with van der Waals surface area (Å²) in [5.41, 5.74) is 2.18. The maximum Gasteiger partial charge on any atom is 0.117 e. The second-order valence-electron chi connectivity index (χ2n) is 6.46. The van der Waals surface area contributed by atoms with E-state index in [1.807, 2.05) is 6.07 Å². The van der Waals surface area contributed by atoms with Gasteiger partial charge in [-0.3, -0.25) is 0 Å². The van der Waals surface area contributed by atoms with E-state index in [9.17, 15) is 5.11 Å². The highest BCUT2D eigenvalue weighted by Crippen LogP contribution is 2.26. The molecule has 2 aromatic rings. The first-order chi connectivity index (χ1) is 8.33. The van der Waals surface area contributed by atoms with Crippen molar-refractivity contribution in [1.82, 2.24) is 9.97 Å². The van der Waals surface area contributed by atoms with Crippen molar-refractivity contribution in [2.75, 3.05) is 0 Å². The number of H-pyrrole nitrogens is 1. The summed E-state index contributed by atoms with van der Waals surface area (Å²) in [6.07, 6.45) is 2.13. The molecule has 0 aliphatic rings. The summed E-state index contributed by atoms with van der Waals surface area (Å²) < 4.78 is 0. The quantitative estimate of drug-likeness (QED) is 0.863. The molecule has 18 heavy (non-hydrogen) atoms. The van der Waals surface area contributed by atoms with E-state index in [1.165, 1.54) is 6.42 Å². The van der Waals surface area contributed by atoms with Crippen LogP contribution in [-0.4, -0.2) is 15.1 Å². The van der Waals surface area contributed by atoms with Crippen LogP contribution in [0.1, 0.15) is 39.9 Å². The number of aromatic nitrogens is 2. The van der Waals surface area contributed by atoms with Crippen molar-refractivity contribution in [3.05, 3.63) is 24.0 Å². The van der Waals surface area contributed by atoms with Crippen molar-refractivity contribution in [2.45, 2.75) is 40.5 Å². The normalized spacial score (nSPS) is 14.0. The van der Waals surface area contributed by atoms with Crippen LogP contribution in [0, 0.1) is 11.3 Å². The number of rotatable bonds is 3. The summed E-state index contributed by atoms with van der Waals surface area (Å²) in [6.45, 7) is 9.05. The second kappa shape index (κ2) is 4.63. The first-order valence-corrected chi connectivity index (χ1v) is 6.51. The Morgan fingerprint density at radius 1 is 1.33 bits per heavy atom. The van der Waals surface area contributed by atoms with E-state index >= 15 is 0 Å². The number of aromatic hydroxyl groups is 1. The van der Waals surface area contributed by atoms with E-state index in [1.54, 1.807) is 12.1 Å². The average molecular weight is 246 g/mol. The second-order valence-corrected chi connectivity index (χ2v) is 6.46. The number of phenols is 1. The van der Waals surface area contributed by atoms with Gasteiger partial charge in [0.25, 0.3) is 0 Å². The van der Waals surface area contributed by atoms with Crippen molar-refractivity contribution < 1.29 is 5.11 Å². The van der Waals surface area contributed by atoms with Crippen LogP contribution in [-0.2, 0) is 6.42 Å². The molecule has 2 rings (SSSR count). The molecule has 0 fully saturated rings. The van der Waals surface area contributed by atoms with E-state index in [0.29, 0.717) is 11.3 Å². The predicted molar refractivity (Wildman–Crippen MR) is 74.7 cm³/mol. The fourth-order valence-corrected chi connectivity index (χ4v) is 2.59. The predicted octanol–water partition coefficient (Wildman–Crippen LogP) is 3.88. The Balaban J connectivity index is 2.12. The zero-order chi connectivity index (χ0) is 13.3. The minimum atomic E-state index is 0.278. The number of nitrogens with zero attached hydrogens (tertiary/aromatic N) is 1. The van der Waals surface area contributed by atoms with Crippen molar-refractivity contribution in [3.8, 4) is 5.75 Å². The highest BCUT2D eigenvalue weighted by molar-refractivity contribution is 5.76. The molecule has 1 aromatic heterocycles. The number of fused-ring (bicyclic) bond motifs is 1. The van der Waals surface area contributed by atoms with Crippen molar-refractivity contribution in [2.24, 2.45) is 11.3 Å². The van der Waals surface area contributed by atoms with Gasteiger partial charge in [0, 0.05) is 12.5 Å². The monoisotopic (exact) mass is 246 g/mol. The number of hydrogen-bond donors (Lipinski definition) is 2. The van der Waals surface area contributed by atoms with Gasteiger partial charge in [0.1, 0.15) is 11.6 Å². The standard InChI is InChI=1S/C15H22N2O/c1-10(9-15(2,3)4)7-14-16-12-6-5-11(18)8-13(12)17-14/h5-6,8,10,18H,7,9H2,1-4H3,(H,16,17). The van der Waals surface area contributed by atoms with Gasteiger partial charge in [-0.25, -0.2) is 4.98 Å². The molecule has 98 valence electrons. The van der Waals surface area contributed by atoms with E-state index < -0.39 is 0 Å². The van der Waals surface area contributed by atoms with E-state index in [4.69, 9.17) is 0 Å². The zero-order valence-corrected chi connectivity index (χ0v) is 11.6. The molecular formula is C15H22N2O. The van der Waals surface area contributed by atoms with Gasteiger partial charge in [0.15, 0.2) is 0 Å². The maximum absolute atomic E-state index is 9.43. The van der Waals surface area contributed by atoms with Gasteiger partial charge in [-0.2, -0.15) is 0 Å². The third-order valence-corrected chi connectivity index (χ3v) is 3.02. The number of hydrogen-bond acceptors (Lipinski definition) is 2. The van der Waals surface area contributed by atoms with Crippen LogP contribution in [0.2, 0.25) is 0 Å². The summed E-state index contributed by atoms with van der Waals surface area (Å²) in [5, 5.41) is 9.43. The molecule has 3 nitrogen and oxygen atoms in total. The van der Waals surface area contributed by atoms with Gasteiger partial charge in [-0.1, -0.05) is 27.7 Å². The Labute approximate surface area is 108 Å². The summed E-state index contributed by atoms with van der Waals surface area (Å²) in [7, 11) is 0. The average Bonchev–Trinajstić information content (AvgIpc) is 2.55. The first kappa shape index (κ1) is 12.9. The molecule has 0 radical (unpaired) electrons. The molecule has 1 atom stereocenters. The lowest BCUT2D eigenvalue weighted by Gasteiger charge is -2.22. The Bertz CT molecular complexity index is 537. The molecule has 1 heterocycles. The van der Waals surface area contributed by atoms with Gasteiger partial charge in [-0.15, -0.1) is 0 Å². The molecule has 0 saturated carbocycles. The molecule has 0 bridgehead atoms. The topological polar surface area (TPSA) is 48.9 Å². The third kappa shape index (κ3) is 3.25. The van der Waals surface area contributed by atoms with Crippen LogP contribution >= 0.6 is 0 Å². The highest BCUT2D eigenvalue weighted by atomic mass is 16.3. The van der Waals surface area contributed by atoms with Crippen LogP contribution in [0.5, 0.6) is 5.75 Å². The van der Waals surface area contributed by atoms with Gasteiger partial charge in [0.2, 0.25) is 0 Å². The van der Waals surface area contributed by atoms with Crippen molar-refractivity contribution in [3.63, 3.8) is 0 Å². The number of nitrogens with one attached hydrogen (secondary N) is 1. The minimum Gasteiger partial charge on any atom is -0.508 e. The Morgan fingerprint density at radius 2 is 2.06 bits per heavy atom. The zero-order valence-electron chi connectivity index (χ0n) is 11.6. The fourth-order valence-electron chi connectivity index (χ4n) is 2.59. The lowest BCUT2D eigenvalue weighted by Crippen LogP contribution is -2.13. The van der Waals surface area contributed by atoms with Crippen LogP contribution in [0.3, 0.4) is 0 Å². The Hall–Kier alpha value is -1.51. The molecule has 2 N–H and O–H groups in total. The Kier molecular flexibility index (Phi) is 3.33. The van der Waals surface area contributed by atoms with Gasteiger partial charge in [0.05, 0.1) is 11.0 Å². The summed E-state index contributed by atoms with van der Waals surface area (Å²) in [6, 6.07) is 5.24. The van der Waals surface area contributed by atoms with Crippen LogP contribution in [0.15, 0.2) is 18.2 Å². The molecule has 0 spiro atoms. The maximum atomic E-state index is 9.43. The van der Waals surface area contributed by atoms with E-state index in [2.05, 4.69) is 37.7 Å². The molecule has 0 saturated heterocycles. The molecule has 1 aromatic carbocycles. The third-order valence-electron chi connectivity index (χ3n) is 3.02. The lowest BCUT2D eigenvalue weighted by atomic mass is 9.84. The number of aromatic amines is 1. The van der Waals surface area contributed by atoms with E-state index in [0.717, 1.165) is 23.3 Å². The molecule has 0 amide bonds. The van der Waals surface area contributed by atoms with Crippen molar-refractivity contribution in [1.29, 1.82) is 0 Å². The summed E-state index contributed by atoms with van der Waals surface area (Å²) in [4.78, 5) is 7.84. The number of benzene rings is 1. The molecule has 3 heteroatoms. The minimum absolute atomic E-state index is 0.278. The lowest BCUT2D eigenvalue weighted by molar-refractivity contribution is 0.304. The van der Waals surface area contributed by atoms with Gasteiger partial charge >= 0.3 is 0 Å². The van der Waals surface area contributed by atoms with E-state index in [-0.39, 0.29) is 5.75 Å². The molecule has 0 aliphatic carbocycles. The largest absolute Gasteiger partial charge is 0.508 e. The van der Waals surface area contributed by atoms with Crippen LogP contribution < -0.4 is 0 Å². The fraction of sp³-hybridized carbons (Fsp3) is 0.533. The van der Waals surface area contributed by atoms with Crippen LogP contribution in [0.25, 0.3) is 11.0 Å². The number of phenolic OH excluding ortho intramolecular Hbond substituents is 1. The number of imidazole rings is 1. The SMILES string of the molecule is CC(Cc1nc2ccc(O)cc2[nH]1)CC(C)(C)C. The summed E-state index contributed by atoms with van der Waals surface area (Å²) >= 11 is 0. The molecular weight excluding hydrogens is 224 g/mol. The van der Waals surface area contributed by atoms with Crippen LogP contribution in [0.4, 0.5) is 0 Å². The van der Waals surface area contributed by atoms with Crippen molar-refractivity contribution >= 4 is 11.0 Å². The van der Waals surface area contributed by atoms with Gasteiger partial charge < -0.3 is 10.1 Å². The first-order valence-electron chi connectivity index (χ1n) is 6.51. The smallest absolute Gasteiger partial charge is 0.117 e. The highest BCUT2D eigenvalue weighted by Gasteiger charge is 2.16. The van der Waals surface area contributed by atoms with Gasteiger partial charge in [-0.05, 0) is 29.9 Å². The molecule has 0 aliphatic heterocycles.